The van der Waals surface area contributed by atoms with Gasteiger partial charge in [-0.1, -0.05) is 31.1 Å². The van der Waals surface area contributed by atoms with Crippen molar-refractivity contribution in [2.45, 2.75) is 50.0 Å². The second-order valence-corrected chi connectivity index (χ2v) is 7.88. The maximum absolute atomic E-state index is 13.2. The van der Waals surface area contributed by atoms with Gasteiger partial charge in [0.1, 0.15) is 5.60 Å². The van der Waals surface area contributed by atoms with E-state index < -0.39 is 11.5 Å². The van der Waals surface area contributed by atoms with Crippen LogP contribution >= 0.6 is 0 Å². The minimum atomic E-state index is -0.597. The summed E-state index contributed by atoms with van der Waals surface area (Å²) in [7, 11) is 0. The Hall–Kier alpha value is -2.21. The SMILES string of the molecule is O=C(NCc1cccnc1)[C@H]1[C@@H]2C=C[C@@]3(CN(C4CCCC4)C(=O)[C@H]13)O2. The van der Waals surface area contributed by atoms with E-state index in [2.05, 4.69) is 10.3 Å². The summed E-state index contributed by atoms with van der Waals surface area (Å²) in [5.41, 5.74) is 0.348. The minimum Gasteiger partial charge on any atom is -0.360 e. The van der Waals surface area contributed by atoms with Gasteiger partial charge in [0.05, 0.1) is 24.5 Å². The maximum Gasteiger partial charge on any atom is 0.230 e. The van der Waals surface area contributed by atoms with Crippen LogP contribution in [0.2, 0.25) is 0 Å². The first kappa shape index (κ1) is 16.0. The summed E-state index contributed by atoms with van der Waals surface area (Å²) < 4.78 is 6.18. The number of ether oxygens (including phenoxy) is 1. The van der Waals surface area contributed by atoms with Crippen LogP contribution in [0.3, 0.4) is 0 Å². The van der Waals surface area contributed by atoms with Gasteiger partial charge < -0.3 is 15.0 Å². The zero-order chi connectivity index (χ0) is 17.7. The summed E-state index contributed by atoms with van der Waals surface area (Å²) in [6.07, 6.45) is 11.7. The summed E-state index contributed by atoms with van der Waals surface area (Å²) in [5.74, 6) is -0.815. The first-order valence-electron chi connectivity index (χ1n) is 9.52. The molecular formula is C20H23N3O3. The average Bonchev–Trinajstić information content (AvgIpc) is 3.42. The number of pyridine rings is 1. The van der Waals surface area contributed by atoms with Crippen LogP contribution in [0.1, 0.15) is 31.2 Å². The smallest absolute Gasteiger partial charge is 0.230 e. The fourth-order valence-electron chi connectivity index (χ4n) is 5.16. The Balaban J connectivity index is 1.34. The molecule has 136 valence electrons. The zero-order valence-corrected chi connectivity index (χ0v) is 14.6. The zero-order valence-electron chi connectivity index (χ0n) is 14.6. The minimum absolute atomic E-state index is 0.100. The van der Waals surface area contributed by atoms with Crippen molar-refractivity contribution in [3.05, 3.63) is 42.2 Å². The van der Waals surface area contributed by atoms with Crippen LogP contribution in [0.15, 0.2) is 36.7 Å². The van der Waals surface area contributed by atoms with E-state index in [1.54, 1.807) is 12.4 Å². The van der Waals surface area contributed by atoms with Crippen molar-refractivity contribution in [2.75, 3.05) is 6.54 Å². The molecule has 6 nitrogen and oxygen atoms in total. The average molecular weight is 353 g/mol. The highest BCUT2D eigenvalue weighted by Crippen LogP contribution is 2.52. The highest BCUT2D eigenvalue weighted by Gasteiger charge is 2.67. The van der Waals surface area contributed by atoms with Gasteiger partial charge in [-0.15, -0.1) is 0 Å². The molecule has 1 aliphatic carbocycles. The second kappa shape index (κ2) is 5.91. The normalized spacial score (nSPS) is 35.3. The monoisotopic (exact) mass is 353 g/mol. The molecule has 1 aromatic rings. The van der Waals surface area contributed by atoms with Crippen LogP contribution in [0.4, 0.5) is 0 Å². The number of fused-ring (bicyclic) bond motifs is 1. The van der Waals surface area contributed by atoms with Gasteiger partial charge in [0.15, 0.2) is 0 Å². The molecule has 1 saturated carbocycles. The van der Waals surface area contributed by atoms with Crippen LogP contribution in [0, 0.1) is 11.8 Å². The van der Waals surface area contributed by atoms with Crippen LogP contribution in [0.5, 0.6) is 0 Å². The quantitative estimate of drug-likeness (QED) is 0.831. The molecule has 4 atom stereocenters. The number of amides is 2. The van der Waals surface area contributed by atoms with E-state index >= 15 is 0 Å². The lowest BCUT2D eigenvalue weighted by Crippen LogP contribution is -2.44. The van der Waals surface area contributed by atoms with E-state index in [1.165, 1.54) is 12.8 Å². The molecular weight excluding hydrogens is 330 g/mol. The van der Waals surface area contributed by atoms with E-state index in [0.29, 0.717) is 19.1 Å². The third-order valence-electron chi connectivity index (χ3n) is 6.39. The lowest BCUT2D eigenvalue weighted by Gasteiger charge is -2.27. The van der Waals surface area contributed by atoms with Gasteiger partial charge >= 0.3 is 0 Å². The molecule has 3 aliphatic heterocycles. The summed E-state index contributed by atoms with van der Waals surface area (Å²) in [4.78, 5) is 32.1. The van der Waals surface area contributed by atoms with E-state index in [-0.39, 0.29) is 23.8 Å². The summed E-state index contributed by atoms with van der Waals surface area (Å²) >= 11 is 0. The van der Waals surface area contributed by atoms with Gasteiger partial charge in [-0.3, -0.25) is 14.6 Å². The molecule has 0 unspecified atom stereocenters. The number of hydrogen-bond donors (Lipinski definition) is 1. The number of hydrogen-bond acceptors (Lipinski definition) is 4. The lowest BCUT2D eigenvalue weighted by atomic mass is 9.77. The first-order valence-corrected chi connectivity index (χ1v) is 9.52. The van der Waals surface area contributed by atoms with E-state index in [0.717, 1.165) is 18.4 Å². The molecule has 6 heteroatoms. The fraction of sp³-hybridized carbons (Fsp3) is 0.550. The van der Waals surface area contributed by atoms with Gasteiger partial charge in [-0.2, -0.15) is 0 Å². The maximum atomic E-state index is 13.2. The molecule has 3 fully saturated rings. The largest absolute Gasteiger partial charge is 0.360 e. The molecule has 4 aliphatic rings. The number of nitrogens with one attached hydrogen (secondary N) is 1. The highest BCUT2D eigenvalue weighted by atomic mass is 16.5. The number of aromatic nitrogens is 1. The van der Waals surface area contributed by atoms with Crippen molar-refractivity contribution in [1.29, 1.82) is 0 Å². The molecule has 0 radical (unpaired) electrons. The second-order valence-electron chi connectivity index (χ2n) is 7.88. The van der Waals surface area contributed by atoms with Crippen molar-refractivity contribution in [2.24, 2.45) is 11.8 Å². The molecule has 26 heavy (non-hydrogen) atoms. The number of carbonyl (C=O) groups is 2. The van der Waals surface area contributed by atoms with Crippen molar-refractivity contribution in [3.8, 4) is 0 Å². The van der Waals surface area contributed by atoms with E-state index in [4.69, 9.17) is 4.74 Å². The Morgan fingerprint density at radius 3 is 3.00 bits per heavy atom. The molecule has 1 spiro atoms. The van der Waals surface area contributed by atoms with Gasteiger partial charge in [0.25, 0.3) is 0 Å². The third kappa shape index (κ3) is 2.31. The number of likely N-dealkylation sites (tertiary alicyclic amines) is 1. The van der Waals surface area contributed by atoms with Crippen LogP contribution in [-0.2, 0) is 20.9 Å². The summed E-state index contributed by atoms with van der Waals surface area (Å²) in [6, 6.07) is 4.09. The van der Waals surface area contributed by atoms with Crippen LogP contribution in [0.25, 0.3) is 0 Å². The topological polar surface area (TPSA) is 71.5 Å². The highest BCUT2D eigenvalue weighted by molar-refractivity contribution is 5.93. The van der Waals surface area contributed by atoms with Gasteiger partial charge in [0, 0.05) is 25.0 Å². The van der Waals surface area contributed by atoms with Gasteiger partial charge in [0.2, 0.25) is 11.8 Å². The molecule has 1 aromatic heterocycles. The predicted octanol–water partition coefficient (Wildman–Crippen LogP) is 1.42. The Labute approximate surface area is 152 Å². The van der Waals surface area contributed by atoms with Crippen molar-refractivity contribution in [1.82, 2.24) is 15.2 Å². The summed E-state index contributed by atoms with van der Waals surface area (Å²) in [5, 5.41) is 2.98. The number of nitrogens with zero attached hydrogens (tertiary/aromatic N) is 2. The molecule has 2 saturated heterocycles. The van der Waals surface area contributed by atoms with Crippen LogP contribution in [-0.4, -0.2) is 46.0 Å². The molecule has 2 bridgehead atoms. The standard InChI is InChI=1S/C20H23N3O3/c24-18(22-11-13-4-3-9-21-10-13)16-15-7-8-20(26-15)12-23(19(25)17(16)20)14-5-1-2-6-14/h3-4,7-10,14-17H,1-2,5-6,11-12H2,(H,22,24)/t15-,16-,17-,20-/m0/s1. The predicted molar refractivity (Wildman–Crippen MR) is 93.8 cm³/mol. The third-order valence-corrected chi connectivity index (χ3v) is 6.39. The Morgan fingerprint density at radius 1 is 1.38 bits per heavy atom. The van der Waals surface area contributed by atoms with Crippen molar-refractivity contribution in [3.63, 3.8) is 0 Å². The first-order chi connectivity index (χ1) is 12.7. The Kier molecular flexibility index (Phi) is 3.64. The van der Waals surface area contributed by atoms with E-state index in [9.17, 15) is 9.59 Å². The Morgan fingerprint density at radius 2 is 2.23 bits per heavy atom. The number of carbonyl (C=O) groups excluding carboxylic acids is 2. The molecule has 4 heterocycles. The van der Waals surface area contributed by atoms with Gasteiger partial charge in [-0.25, -0.2) is 0 Å². The fourth-order valence-corrected chi connectivity index (χ4v) is 5.16. The number of rotatable bonds is 4. The van der Waals surface area contributed by atoms with Crippen molar-refractivity contribution < 1.29 is 14.3 Å². The molecule has 2 amide bonds. The molecule has 1 N–H and O–H groups in total. The summed E-state index contributed by atoms with van der Waals surface area (Å²) in [6.45, 7) is 1.01. The molecule has 0 aromatic carbocycles. The van der Waals surface area contributed by atoms with Gasteiger partial charge in [-0.05, 0) is 24.5 Å². The van der Waals surface area contributed by atoms with Crippen LogP contribution < -0.4 is 5.32 Å². The lowest BCUT2D eigenvalue weighted by molar-refractivity contribution is -0.138. The molecule has 5 rings (SSSR count). The van der Waals surface area contributed by atoms with E-state index in [1.807, 2.05) is 29.2 Å². The Bertz CT molecular complexity index is 759. The van der Waals surface area contributed by atoms with Crippen molar-refractivity contribution >= 4 is 11.8 Å².